The number of hydrogen-bond donors (Lipinski definition) is 1. The second-order valence-corrected chi connectivity index (χ2v) is 11.2. The third-order valence-electron chi connectivity index (χ3n) is 7.14. The predicted octanol–water partition coefficient (Wildman–Crippen LogP) is 2.20. The lowest BCUT2D eigenvalue weighted by molar-refractivity contribution is -0.384. The van der Waals surface area contributed by atoms with Crippen LogP contribution in [0.1, 0.15) is 52.2 Å². The molecule has 270 valence electrons. The van der Waals surface area contributed by atoms with E-state index >= 15 is 0 Å². The molecule has 1 aliphatic rings. The fraction of sp³-hybridized carbons (Fsp3) is 0.455. The van der Waals surface area contributed by atoms with Gasteiger partial charge in [0, 0.05) is 46.8 Å². The summed E-state index contributed by atoms with van der Waals surface area (Å²) in [4.78, 5) is 86.1. The zero-order chi connectivity index (χ0) is 37.0. The van der Waals surface area contributed by atoms with Crippen LogP contribution in [-0.4, -0.2) is 83.5 Å². The number of nitrogens with zero attached hydrogens (tertiary/aromatic N) is 1. The van der Waals surface area contributed by atoms with E-state index in [0.29, 0.717) is 11.1 Å². The van der Waals surface area contributed by atoms with Gasteiger partial charge in [0.15, 0.2) is 12.2 Å². The van der Waals surface area contributed by atoms with Crippen LogP contribution in [-0.2, 0) is 75.1 Å². The summed E-state index contributed by atoms with van der Waals surface area (Å²) in [7, 11) is 0. The van der Waals surface area contributed by atoms with Gasteiger partial charge >= 0.3 is 29.8 Å². The lowest BCUT2D eigenvalue weighted by Gasteiger charge is -2.48. The number of carbonyl (C=O) groups is 6. The monoisotopic (exact) mass is 702 g/mol. The summed E-state index contributed by atoms with van der Waals surface area (Å²) in [6.45, 7) is 4.03. The van der Waals surface area contributed by atoms with Crippen LogP contribution >= 0.6 is 0 Å². The maximum absolute atomic E-state index is 14.1. The van der Waals surface area contributed by atoms with Gasteiger partial charge < -0.3 is 38.5 Å². The van der Waals surface area contributed by atoms with Crippen LogP contribution in [0.15, 0.2) is 54.6 Å². The van der Waals surface area contributed by atoms with Crippen LogP contribution < -0.4 is 5.32 Å². The molecule has 17 nitrogen and oxygen atoms in total. The van der Waals surface area contributed by atoms with Crippen LogP contribution in [0.25, 0.3) is 0 Å². The number of benzene rings is 2. The standard InChI is InChI=1S/C33H38N2O15/c1-19(36)34-29-27(47-21(3)38)15-33(32(41)45-16-24-9-7-6-8-10-24,46-17-25-11-13-26(14-12-25)35(42)43)50-31(29)30(49-23(5)40)28(48-22(4)39)18-44-20(2)37/h6-14,27-31H,15-18H2,1-5H3,(H,34,36)/t27-,28+,29+,30+,31+,33-/m0/s1. The van der Waals surface area contributed by atoms with E-state index in [-0.39, 0.29) is 12.3 Å². The first-order valence-electron chi connectivity index (χ1n) is 15.3. The zero-order valence-corrected chi connectivity index (χ0v) is 28.0. The Hall–Kier alpha value is -5.42. The van der Waals surface area contributed by atoms with E-state index in [9.17, 15) is 38.9 Å². The van der Waals surface area contributed by atoms with Gasteiger partial charge in [0.2, 0.25) is 5.91 Å². The van der Waals surface area contributed by atoms with Crippen LogP contribution in [0.5, 0.6) is 0 Å². The van der Waals surface area contributed by atoms with Gasteiger partial charge in [0.05, 0.1) is 24.0 Å². The molecule has 1 fully saturated rings. The van der Waals surface area contributed by atoms with Crippen molar-refractivity contribution in [1.29, 1.82) is 0 Å². The minimum absolute atomic E-state index is 0.207. The van der Waals surface area contributed by atoms with Crippen molar-refractivity contribution in [3.63, 3.8) is 0 Å². The summed E-state index contributed by atoms with van der Waals surface area (Å²) < 4.78 is 39.7. The smallest absolute Gasteiger partial charge is 0.367 e. The quantitative estimate of drug-likeness (QED) is 0.122. The van der Waals surface area contributed by atoms with Crippen LogP contribution in [0.2, 0.25) is 0 Å². The molecule has 17 heteroatoms. The molecule has 0 unspecified atom stereocenters. The maximum atomic E-state index is 14.1. The Balaban J connectivity index is 2.19. The van der Waals surface area contributed by atoms with E-state index in [1.165, 1.54) is 24.3 Å². The second-order valence-electron chi connectivity index (χ2n) is 11.2. The van der Waals surface area contributed by atoms with Crippen molar-refractivity contribution in [2.45, 2.75) is 90.5 Å². The Labute approximate surface area is 286 Å². The fourth-order valence-electron chi connectivity index (χ4n) is 5.14. The number of rotatable bonds is 15. The Kier molecular flexibility index (Phi) is 13.9. The molecule has 0 aromatic heterocycles. The van der Waals surface area contributed by atoms with Gasteiger partial charge in [0.25, 0.3) is 11.5 Å². The van der Waals surface area contributed by atoms with Gasteiger partial charge in [-0.3, -0.25) is 34.1 Å². The third kappa shape index (κ3) is 11.3. The molecule has 0 bridgehead atoms. The largest absolute Gasteiger partial charge is 0.462 e. The Bertz CT molecular complexity index is 1550. The normalized spacial score (nSPS) is 21.0. The number of nitro groups is 1. The molecular formula is C33H38N2O15. The highest BCUT2D eigenvalue weighted by molar-refractivity contribution is 5.79. The van der Waals surface area contributed by atoms with Crippen LogP contribution in [0, 0.1) is 10.1 Å². The zero-order valence-electron chi connectivity index (χ0n) is 28.0. The molecule has 1 amide bonds. The van der Waals surface area contributed by atoms with Crippen LogP contribution in [0.4, 0.5) is 5.69 Å². The molecule has 0 aliphatic carbocycles. The summed E-state index contributed by atoms with van der Waals surface area (Å²) in [5, 5.41) is 13.8. The highest BCUT2D eigenvalue weighted by atomic mass is 16.7. The first kappa shape index (κ1) is 39.0. The first-order chi connectivity index (χ1) is 23.6. The number of esters is 5. The molecule has 0 saturated carbocycles. The van der Waals surface area contributed by atoms with Gasteiger partial charge in [-0.1, -0.05) is 30.3 Å². The molecule has 1 N–H and O–H groups in total. The Morgan fingerprint density at radius 3 is 2.00 bits per heavy atom. The molecule has 1 aliphatic heterocycles. The second kappa shape index (κ2) is 17.8. The molecule has 50 heavy (non-hydrogen) atoms. The maximum Gasteiger partial charge on any atom is 0.367 e. The van der Waals surface area contributed by atoms with Crippen molar-refractivity contribution in [3.8, 4) is 0 Å². The summed E-state index contributed by atoms with van der Waals surface area (Å²) in [6, 6.07) is 12.4. The number of hydrogen-bond acceptors (Lipinski definition) is 15. The van der Waals surface area contributed by atoms with Gasteiger partial charge in [0.1, 0.15) is 25.4 Å². The first-order valence-corrected chi connectivity index (χ1v) is 15.3. The topological polar surface area (TPSA) is 222 Å². The minimum Gasteiger partial charge on any atom is -0.462 e. The summed E-state index contributed by atoms with van der Waals surface area (Å²) in [6.07, 6.45) is -7.02. The molecule has 1 heterocycles. The Morgan fingerprint density at radius 2 is 1.46 bits per heavy atom. The number of ether oxygens (including phenoxy) is 7. The number of non-ortho nitro benzene ring substituents is 1. The van der Waals surface area contributed by atoms with E-state index in [0.717, 1.165) is 34.6 Å². The lowest BCUT2D eigenvalue weighted by atomic mass is 9.88. The van der Waals surface area contributed by atoms with Crippen molar-refractivity contribution in [2.24, 2.45) is 0 Å². The predicted molar refractivity (Wildman–Crippen MR) is 167 cm³/mol. The summed E-state index contributed by atoms with van der Waals surface area (Å²) >= 11 is 0. The molecule has 2 aromatic carbocycles. The molecule has 3 rings (SSSR count). The highest BCUT2D eigenvalue weighted by Crippen LogP contribution is 2.38. The number of amides is 1. The van der Waals surface area contributed by atoms with Crippen molar-refractivity contribution in [1.82, 2.24) is 5.32 Å². The number of nitrogens with one attached hydrogen (secondary N) is 1. The number of carbonyl (C=O) groups excluding carboxylic acids is 6. The SMILES string of the molecule is CC(=O)N[C@H]1[C@H]([C@H](OC(C)=O)[C@@H](COC(C)=O)OC(C)=O)O[C@](OCc2ccc([N+](=O)[O-])cc2)(C(=O)OCc2ccccc2)C[C@@H]1OC(C)=O. The van der Waals surface area contributed by atoms with E-state index < -0.39 is 96.6 Å². The molecule has 2 aromatic rings. The highest BCUT2D eigenvalue weighted by Gasteiger charge is 2.59. The molecule has 0 spiro atoms. The molecule has 1 saturated heterocycles. The summed E-state index contributed by atoms with van der Waals surface area (Å²) in [5.41, 5.74) is 0.727. The van der Waals surface area contributed by atoms with Crippen molar-refractivity contribution in [3.05, 3.63) is 75.8 Å². The molecular weight excluding hydrogens is 664 g/mol. The van der Waals surface area contributed by atoms with Crippen LogP contribution in [0.3, 0.4) is 0 Å². The van der Waals surface area contributed by atoms with Gasteiger partial charge in [-0.2, -0.15) is 0 Å². The third-order valence-corrected chi connectivity index (χ3v) is 7.14. The lowest BCUT2D eigenvalue weighted by Crippen LogP contribution is -2.69. The van der Waals surface area contributed by atoms with Crippen molar-refractivity contribution >= 4 is 41.4 Å². The number of nitro benzene ring substituents is 1. The molecule has 6 atom stereocenters. The van der Waals surface area contributed by atoms with Crippen molar-refractivity contribution < 1.29 is 66.8 Å². The van der Waals surface area contributed by atoms with Gasteiger partial charge in [-0.25, -0.2) is 4.79 Å². The van der Waals surface area contributed by atoms with E-state index in [2.05, 4.69) is 5.32 Å². The minimum atomic E-state index is -2.48. The average Bonchev–Trinajstić information content (AvgIpc) is 3.04. The van der Waals surface area contributed by atoms with Gasteiger partial charge in [-0.15, -0.1) is 0 Å². The van der Waals surface area contributed by atoms with Gasteiger partial charge in [-0.05, 0) is 23.3 Å². The fourth-order valence-corrected chi connectivity index (χ4v) is 5.14. The Morgan fingerprint density at radius 1 is 0.840 bits per heavy atom. The van der Waals surface area contributed by atoms with E-state index in [4.69, 9.17) is 33.2 Å². The van der Waals surface area contributed by atoms with E-state index in [1.807, 2.05) is 0 Å². The van der Waals surface area contributed by atoms with Crippen molar-refractivity contribution in [2.75, 3.05) is 6.61 Å². The summed E-state index contributed by atoms with van der Waals surface area (Å²) in [5.74, 6) is -7.70. The van der Waals surface area contributed by atoms with E-state index in [1.54, 1.807) is 30.3 Å². The molecule has 0 radical (unpaired) electrons. The average molecular weight is 703 g/mol.